The standard InChI is InChI=1S/C10H11F3N2O2S/c11-10(12,13)7-2-1-3-8(18(14,16)17)9(7)15-6-4-5-6/h1-3,6,15H,4-5H2,(H2,14,16,17). The lowest BCUT2D eigenvalue weighted by Crippen LogP contribution is -2.19. The van der Waals surface area contributed by atoms with Gasteiger partial charge in [-0.25, -0.2) is 13.6 Å². The number of nitrogens with two attached hydrogens (primary N) is 1. The van der Waals surface area contributed by atoms with Gasteiger partial charge in [0.25, 0.3) is 0 Å². The summed E-state index contributed by atoms with van der Waals surface area (Å²) < 4.78 is 61.0. The smallest absolute Gasteiger partial charge is 0.381 e. The van der Waals surface area contributed by atoms with E-state index in [-0.39, 0.29) is 6.04 Å². The van der Waals surface area contributed by atoms with Crippen LogP contribution in [0.5, 0.6) is 0 Å². The fraction of sp³-hybridized carbons (Fsp3) is 0.400. The molecule has 1 saturated carbocycles. The molecule has 4 nitrogen and oxygen atoms in total. The molecule has 1 aromatic carbocycles. The summed E-state index contributed by atoms with van der Waals surface area (Å²) in [6.45, 7) is 0. The van der Waals surface area contributed by atoms with E-state index in [0.29, 0.717) is 0 Å². The van der Waals surface area contributed by atoms with Crippen molar-refractivity contribution in [3.05, 3.63) is 23.8 Å². The van der Waals surface area contributed by atoms with E-state index < -0.39 is 32.3 Å². The highest BCUT2D eigenvalue weighted by molar-refractivity contribution is 7.89. The fourth-order valence-electron chi connectivity index (χ4n) is 1.59. The maximum Gasteiger partial charge on any atom is 0.418 e. The average Bonchev–Trinajstić information content (AvgIpc) is 2.98. The molecular weight excluding hydrogens is 269 g/mol. The molecule has 0 spiro atoms. The maximum atomic E-state index is 12.8. The van der Waals surface area contributed by atoms with Crippen molar-refractivity contribution in [2.75, 3.05) is 5.32 Å². The van der Waals surface area contributed by atoms with Gasteiger partial charge in [-0.1, -0.05) is 6.07 Å². The minimum absolute atomic E-state index is 0.117. The van der Waals surface area contributed by atoms with E-state index in [4.69, 9.17) is 5.14 Å². The first-order chi connectivity index (χ1) is 8.19. The van der Waals surface area contributed by atoms with Crippen molar-refractivity contribution < 1.29 is 21.6 Å². The van der Waals surface area contributed by atoms with Gasteiger partial charge in [-0.15, -0.1) is 0 Å². The van der Waals surface area contributed by atoms with Crippen LogP contribution in [0.4, 0.5) is 18.9 Å². The number of nitrogens with one attached hydrogen (secondary N) is 1. The zero-order valence-electron chi connectivity index (χ0n) is 9.16. The molecule has 0 atom stereocenters. The predicted molar refractivity (Wildman–Crippen MR) is 59.5 cm³/mol. The molecule has 0 radical (unpaired) electrons. The van der Waals surface area contributed by atoms with Gasteiger partial charge in [-0.05, 0) is 25.0 Å². The van der Waals surface area contributed by atoms with E-state index in [9.17, 15) is 21.6 Å². The van der Waals surface area contributed by atoms with Gasteiger partial charge in [-0.2, -0.15) is 13.2 Å². The average molecular weight is 280 g/mol. The number of halogens is 3. The molecule has 0 aliphatic heterocycles. The summed E-state index contributed by atoms with van der Waals surface area (Å²) in [5.74, 6) is 0. The van der Waals surface area contributed by atoms with Crippen LogP contribution in [0.1, 0.15) is 18.4 Å². The molecule has 3 N–H and O–H groups in total. The van der Waals surface area contributed by atoms with Crippen LogP contribution in [0.3, 0.4) is 0 Å². The lowest BCUT2D eigenvalue weighted by Gasteiger charge is -2.17. The SMILES string of the molecule is NS(=O)(=O)c1cccc(C(F)(F)F)c1NC1CC1. The molecule has 0 unspecified atom stereocenters. The quantitative estimate of drug-likeness (QED) is 0.888. The zero-order chi connectivity index (χ0) is 13.6. The second-order valence-electron chi connectivity index (χ2n) is 4.14. The van der Waals surface area contributed by atoms with Crippen molar-refractivity contribution >= 4 is 15.7 Å². The van der Waals surface area contributed by atoms with E-state index in [1.807, 2.05) is 0 Å². The Morgan fingerprint density at radius 3 is 2.33 bits per heavy atom. The molecule has 100 valence electrons. The van der Waals surface area contributed by atoms with E-state index in [2.05, 4.69) is 5.32 Å². The number of primary sulfonamides is 1. The summed E-state index contributed by atoms with van der Waals surface area (Å²) in [4.78, 5) is -0.524. The molecule has 0 amide bonds. The van der Waals surface area contributed by atoms with Gasteiger partial charge in [0.15, 0.2) is 0 Å². The first-order valence-electron chi connectivity index (χ1n) is 5.19. The third kappa shape index (κ3) is 2.75. The van der Waals surface area contributed by atoms with Crippen LogP contribution in [0.15, 0.2) is 23.1 Å². The molecule has 0 bridgehead atoms. The summed E-state index contributed by atoms with van der Waals surface area (Å²) in [6.07, 6.45) is -3.19. The molecule has 1 aromatic rings. The van der Waals surface area contributed by atoms with Crippen molar-refractivity contribution in [2.45, 2.75) is 30.0 Å². The van der Waals surface area contributed by atoms with Crippen LogP contribution in [0.2, 0.25) is 0 Å². The van der Waals surface area contributed by atoms with Gasteiger partial charge in [0.05, 0.1) is 11.3 Å². The second-order valence-corrected chi connectivity index (χ2v) is 5.67. The zero-order valence-corrected chi connectivity index (χ0v) is 9.98. The Morgan fingerprint density at radius 1 is 1.28 bits per heavy atom. The van der Waals surface area contributed by atoms with Crippen molar-refractivity contribution in [3.63, 3.8) is 0 Å². The summed E-state index contributed by atoms with van der Waals surface area (Å²) in [5, 5.41) is 7.52. The van der Waals surface area contributed by atoms with Crippen LogP contribution in [-0.4, -0.2) is 14.5 Å². The number of para-hydroxylation sites is 1. The van der Waals surface area contributed by atoms with Crippen LogP contribution < -0.4 is 10.5 Å². The summed E-state index contributed by atoms with van der Waals surface area (Å²) >= 11 is 0. The summed E-state index contributed by atoms with van der Waals surface area (Å²) in [6, 6.07) is 2.81. The second kappa shape index (κ2) is 4.13. The number of rotatable bonds is 3. The molecule has 1 fully saturated rings. The normalized spacial score (nSPS) is 16.7. The Bertz CT molecular complexity index is 565. The van der Waals surface area contributed by atoms with Gasteiger partial charge < -0.3 is 5.32 Å². The molecule has 1 aliphatic carbocycles. The lowest BCUT2D eigenvalue weighted by molar-refractivity contribution is -0.137. The Kier molecular flexibility index (Phi) is 3.02. The number of benzene rings is 1. The topological polar surface area (TPSA) is 72.2 Å². The number of hydrogen-bond donors (Lipinski definition) is 2. The highest BCUT2D eigenvalue weighted by Crippen LogP contribution is 2.39. The molecule has 1 aliphatic rings. The molecular formula is C10H11F3N2O2S. The third-order valence-electron chi connectivity index (χ3n) is 2.56. The summed E-state index contributed by atoms with van der Waals surface area (Å²) in [7, 11) is -4.20. The number of anilines is 1. The Hall–Kier alpha value is -1.28. The van der Waals surface area contributed by atoms with Crippen molar-refractivity contribution in [3.8, 4) is 0 Å². The van der Waals surface area contributed by atoms with E-state index in [1.54, 1.807) is 0 Å². The maximum absolute atomic E-state index is 12.8. The predicted octanol–water partition coefficient (Wildman–Crippen LogP) is 1.93. The molecule has 8 heteroatoms. The number of hydrogen-bond acceptors (Lipinski definition) is 3. The van der Waals surface area contributed by atoms with E-state index in [0.717, 1.165) is 31.0 Å². The Labute approximate surface area is 102 Å². The molecule has 0 aromatic heterocycles. The minimum atomic E-state index is -4.63. The molecule has 18 heavy (non-hydrogen) atoms. The molecule has 0 heterocycles. The van der Waals surface area contributed by atoms with Crippen LogP contribution >= 0.6 is 0 Å². The van der Waals surface area contributed by atoms with Gasteiger partial charge in [0.2, 0.25) is 10.0 Å². The van der Waals surface area contributed by atoms with Crippen LogP contribution in [-0.2, 0) is 16.2 Å². The van der Waals surface area contributed by atoms with Crippen LogP contribution in [0, 0.1) is 0 Å². The Balaban J connectivity index is 2.59. The highest BCUT2D eigenvalue weighted by atomic mass is 32.2. The summed E-state index contributed by atoms with van der Waals surface area (Å²) in [5.41, 5.74) is -1.46. The largest absolute Gasteiger partial charge is 0.418 e. The van der Waals surface area contributed by atoms with Crippen molar-refractivity contribution in [1.29, 1.82) is 0 Å². The highest BCUT2D eigenvalue weighted by Gasteiger charge is 2.37. The van der Waals surface area contributed by atoms with Gasteiger partial charge in [-0.3, -0.25) is 0 Å². The molecule has 2 rings (SSSR count). The molecule has 0 saturated heterocycles. The van der Waals surface area contributed by atoms with Gasteiger partial charge in [0.1, 0.15) is 4.90 Å². The Morgan fingerprint density at radius 2 is 1.89 bits per heavy atom. The van der Waals surface area contributed by atoms with Crippen molar-refractivity contribution in [2.24, 2.45) is 5.14 Å². The van der Waals surface area contributed by atoms with E-state index in [1.165, 1.54) is 0 Å². The van der Waals surface area contributed by atoms with Gasteiger partial charge >= 0.3 is 6.18 Å². The van der Waals surface area contributed by atoms with Gasteiger partial charge in [0, 0.05) is 6.04 Å². The lowest BCUT2D eigenvalue weighted by atomic mass is 10.1. The minimum Gasteiger partial charge on any atom is -0.381 e. The number of alkyl halides is 3. The van der Waals surface area contributed by atoms with Crippen LogP contribution in [0.25, 0.3) is 0 Å². The van der Waals surface area contributed by atoms with Crippen molar-refractivity contribution in [1.82, 2.24) is 0 Å². The first kappa shape index (κ1) is 13.2. The first-order valence-corrected chi connectivity index (χ1v) is 6.74. The fourth-order valence-corrected chi connectivity index (χ4v) is 2.31. The van der Waals surface area contributed by atoms with E-state index >= 15 is 0 Å². The third-order valence-corrected chi connectivity index (χ3v) is 3.52. The number of sulfonamides is 1. The monoisotopic (exact) mass is 280 g/mol.